The van der Waals surface area contributed by atoms with Crippen molar-refractivity contribution in [3.63, 3.8) is 0 Å². The van der Waals surface area contributed by atoms with Crippen molar-refractivity contribution >= 4 is 34.6 Å². The Bertz CT molecular complexity index is 1130. The summed E-state index contributed by atoms with van der Waals surface area (Å²) in [5.41, 5.74) is 2.05. The largest absolute Gasteiger partial charge is 0.463 e. The number of fused-ring (bicyclic) bond motifs is 1. The molecule has 3 rings (SSSR count). The van der Waals surface area contributed by atoms with Gasteiger partial charge in [-0.25, -0.2) is 4.79 Å². The van der Waals surface area contributed by atoms with Gasteiger partial charge in [-0.1, -0.05) is 23.8 Å². The van der Waals surface area contributed by atoms with Gasteiger partial charge in [-0.05, 0) is 44.2 Å². The highest BCUT2D eigenvalue weighted by Crippen LogP contribution is 2.17. The Hall–Kier alpha value is -3.67. The summed E-state index contributed by atoms with van der Waals surface area (Å²) in [7, 11) is 0. The minimum Gasteiger partial charge on any atom is -0.463 e. The highest BCUT2D eigenvalue weighted by atomic mass is 16.5. The number of aryl methyl sites for hydroxylation is 1. The molecule has 6 nitrogen and oxygen atoms in total. The van der Waals surface area contributed by atoms with E-state index in [1.54, 1.807) is 43.3 Å². The van der Waals surface area contributed by atoms with Crippen molar-refractivity contribution in [3.05, 3.63) is 81.7 Å². The molecule has 0 saturated carbocycles. The van der Waals surface area contributed by atoms with Gasteiger partial charge in [0.25, 0.3) is 0 Å². The Morgan fingerprint density at radius 3 is 2.75 bits per heavy atom. The van der Waals surface area contributed by atoms with Crippen LogP contribution in [0.25, 0.3) is 17.0 Å². The molecule has 3 aromatic rings. The number of benzene rings is 2. The maximum absolute atomic E-state index is 12.6. The van der Waals surface area contributed by atoms with E-state index in [0.29, 0.717) is 16.7 Å². The number of hydrogen-bond donors (Lipinski definition) is 1. The molecule has 0 fully saturated rings. The summed E-state index contributed by atoms with van der Waals surface area (Å²) in [6, 6.07) is 11.9. The van der Waals surface area contributed by atoms with E-state index in [-0.39, 0.29) is 23.2 Å². The van der Waals surface area contributed by atoms with Gasteiger partial charge in [-0.2, -0.15) is 0 Å². The molecule has 2 aromatic carbocycles. The van der Waals surface area contributed by atoms with Gasteiger partial charge in [-0.3, -0.25) is 9.59 Å². The molecule has 0 unspecified atom stereocenters. The van der Waals surface area contributed by atoms with Gasteiger partial charge >= 0.3 is 5.97 Å². The van der Waals surface area contributed by atoms with Crippen LogP contribution in [0.3, 0.4) is 0 Å². The Balaban J connectivity index is 1.82. The summed E-state index contributed by atoms with van der Waals surface area (Å²) in [4.78, 5) is 36.8. The summed E-state index contributed by atoms with van der Waals surface area (Å²) in [6.45, 7) is 3.83. The number of carbonyl (C=O) groups excluding carboxylic acids is 2. The second kappa shape index (κ2) is 8.35. The number of rotatable bonds is 5. The van der Waals surface area contributed by atoms with Crippen LogP contribution in [0.5, 0.6) is 0 Å². The predicted molar refractivity (Wildman–Crippen MR) is 107 cm³/mol. The van der Waals surface area contributed by atoms with Gasteiger partial charge in [0.05, 0.1) is 28.8 Å². The summed E-state index contributed by atoms with van der Waals surface area (Å²) in [5, 5.41) is 3.08. The highest BCUT2D eigenvalue weighted by molar-refractivity contribution is 6.06. The lowest BCUT2D eigenvalue weighted by molar-refractivity contribution is -0.111. The van der Waals surface area contributed by atoms with E-state index in [2.05, 4.69) is 5.32 Å². The van der Waals surface area contributed by atoms with Crippen molar-refractivity contribution in [1.82, 2.24) is 0 Å². The van der Waals surface area contributed by atoms with Crippen LogP contribution in [0, 0.1) is 6.92 Å². The van der Waals surface area contributed by atoms with Gasteiger partial charge in [-0.15, -0.1) is 0 Å². The minimum atomic E-state index is -0.520. The van der Waals surface area contributed by atoms with Crippen LogP contribution in [-0.2, 0) is 9.53 Å². The first-order valence-corrected chi connectivity index (χ1v) is 8.77. The fourth-order valence-electron chi connectivity index (χ4n) is 2.69. The Morgan fingerprint density at radius 1 is 1.18 bits per heavy atom. The van der Waals surface area contributed by atoms with Gasteiger partial charge in [0.1, 0.15) is 11.8 Å². The average molecular weight is 377 g/mol. The molecular formula is C22H19NO5. The van der Waals surface area contributed by atoms with Crippen molar-refractivity contribution in [3.8, 4) is 0 Å². The van der Waals surface area contributed by atoms with Gasteiger partial charge in [0.15, 0.2) is 5.43 Å². The second-order valence-corrected chi connectivity index (χ2v) is 6.11. The number of carbonyl (C=O) groups is 2. The first-order chi connectivity index (χ1) is 13.5. The third-order valence-electron chi connectivity index (χ3n) is 4.05. The van der Waals surface area contributed by atoms with E-state index in [9.17, 15) is 14.4 Å². The molecule has 28 heavy (non-hydrogen) atoms. The Labute approximate surface area is 161 Å². The highest BCUT2D eigenvalue weighted by Gasteiger charge is 2.13. The average Bonchev–Trinajstić information content (AvgIpc) is 2.68. The number of esters is 1. The zero-order chi connectivity index (χ0) is 20.1. The molecule has 1 amide bonds. The normalized spacial score (nSPS) is 10.9. The molecule has 1 heterocycles. The van der Waals surface area contributed by atoms with Crippen molar-refractivity contribution < 1.29 is 18.7 Å². The van der Waals surface area contributed by atoms with E-state index in [1.807, 2.05) is 13.0 Å². The molecule has 6 heteroatoms. The number of para-hydroxylation sites is 1. The fraction of sp³-hybridized carbons (Fsp3) is 0.136. The lowest BCUT2D eigenvalue weighted by atomic mass is 10.1. The predicted octanol–water partition coefficient (Wildman–Crippen LogP) is 3.93. The topological polar surface area (TPSA) is 85.6 Å². The van der Waals surface area contributed by atoms with Crippen LogP contribution < -0.4 is 10.7 Å². The molecular weight excluding hydrogens is 358 g/mol. The number of anilines is 1. The van der Waals surface area contributed by atoms with Crippen LogP contribution in [0.1, 0.15) is 28.4 Å². The van der Waals surface area contributed by atoms with E-state index in [0.717, 1.165) is 5.56 Å². The molecule has 0 aliphatic heterocycles. The summed E-state index contributed by atoms with van der Waals surface area (Å²) in [5.74, 6) is -1.01. The van der Waals surface area contributed by atoms with Crippen LogP contribution in [-0.4, -0.2) is 18.5 Å². The second-order valence-electron chi connectivity index (χ2n) is 6.11. The minimum absolute atomic E-state index is 0.221. The summed E-state index contributed by atoms with van der Waals surface area (Å²) in [6.07, 6.45) is 3.92. The summed E-state index contributed by atoms with van der Waals surface area (Å²) < 4.78 is 10.4. The molecule has 0 saturated heterocycles. The van der Waals surface area contributed by atoms with Gasteiger partial charge in [0, 0.05) is 6.08 Å². The van der Waals surface area contributed by atoms with E-state index >= 15 is 0 Å². The van der Waals surface area contributed by atoms with Crippen molar-refractivity contribution in [2.75, 3.05) is 11.9 Å². The molecule has 142 valence electrons. The lowest BCUT2D eigenvalue weighted by Crippen LogP contribution is -2.14. The van der Waals surface area contributed by atoms with Crippen LogP contribution in [0.2, 0.25) is 0 Å². The van der Waals surface area contributed by atoms with Crippen LogP contribution in [0.4, 0.5) is 5.69 Å². The third kappa shape index (κ3) is 4.17. The maximum Gasteiger partial charge on any atom is 0.340 e. The van der Waals surface area contributed by atoms with E-state index in [4.69, 9.17) is 9.15 Å². The molecule has 0 aliphatic carbocycles. The first kappa shape index (κ1) is 19.1. The van der Waals surface area contributed by atoms with Crippen LogP contribution in [0.15, 0.2) is 64.0 Å². The lowest BCUT2D eigenvalue weighted by Gasteiger charge is -2.08. The maximum atomic E-state index is 12.6. The molecule has 1 aromatic heterocycles. The molecule has 0 aliphatic rings. The van der Waals surface area contributed by atoms with Crippen molar-refractivity contribution in [1.29, 1.82) is 0 Å². The standard InChI is InChI=1S/C22H19NO5/c1-3-27-22(26)16-6-4-5-7-18(16)23-20(24)11-9-15-13-28-19-10-8-14(2)12-17(19)21(15)25/h4-13H,3H2,1-2H3,(H,23,24)/b11-9+. The molecule has 0 atom stereocenters. The quantitative estimate of drug-likeness (QED) is 0.538. The SMILES string of the molecule is CCOC(=O)c1ccccc1NC(=O)/C=C/c1coc2ccc(C)cc2c1=O. The molecule has 0 radical (unpaired) electrons. The Kier molecular flexibility index (Phi) is 5.69. The molecule has 1 N–H and O–H groups in total. The molecule has 0 bridgehead atoms. The van der Waals surface area contributed by atoms with E-state index < -0.39 is 11.9 Å². The zero-order valence-corrected chi connectivity index (χ0v) is 15.5. The third-order valence-corrected chi connectivity index (χ3v) is 4.05. The number of nitrogens with one attached hydrogen (secondary N) is 1. The van der Waals surface area contributed by atoms with Crippen molar-refractivity contribution in [2.45, 2.75) is 13.8 Å². The van der Waals surface area contributed by atoms with Crippen molar-refractivity contribution in [2.24, 2.45) is 0 Å². The molecule has 0 spiro atoms. The Morgan fingerprint density at radius 2 is 1.96 bits per heavy atom. The van der Waals surface area contributed by atoms with E-state index in [1.165, 1.54) is 18.4 Å². The number of amides is 1. The monoisotopic (exact) mass is 377 g/mol. The van der Waals surface area contributed by atoms with Gasteiger partial charge < -0.3 is 14.5 Å². The van der Waals surface area contributed by atoms with Crippen LogP contribution >= 0.6 is 0 Å². The zero-order valence-electron chi connectivity index (χ0n) is 15.5. The first-order valence-electron chi connectivity index (χ1n) is 8.77. The number of ether oxygens (including phenoxy) is 1. The fourth-order valence-corrected chi connectivity index (χ4v) is 2.69. The number of hydrogen-bond acceptors (Lipinski definition) is 5. The van der Waals surface area contributed by atoms with Gasteiger partial charge in [0.2, 0.25) is 5.91 Å². The smallest absolute Gasteiger partial charge is 0.340 e. The summed E-state index contributed by atoms with van der Waals surface area (Å²) >= 11 is 0.